The van der Waals surface area contributed by atoms with Crippen LogP contribution in [0.5, 0.6) is 0 Å². The molecule has 1 heterocycles. The standard InChI is InChI=1S/C22H22O/c1-2-3-12-20(17-18-10-6-4-7-11-18)22-16-15-21(23-22)19-13-8-5-9-14-19/h4-11,13-17H,2-3,12H2,1H3/b20-17+. The SMILES string of the molecule is CCCC/C(=C\c1ccccc1)c1ccc(-c2ccccc2)o1. The highest BCUT2D eigenvalue weighted by molar-refractivity contribution is 5.80. The van der Waals surface area contributed by atoms with Gasteiger partial charge in [-0.1, -0.05) is 74.0 Å². The van der Waals surface area contributed by atoms with E-state index in [1.807, 2.05) is 24.3 Å². The van der Waals surface area contributed by atoms with E-state index in [9.17, 15) is 0 Å². The van der Waals surface area contributed by atoms with Crippen LogP contribution in [0.25, 0.3) is 23.0 Å². The number of hydrogen-bond acceptors (Lipinski definition) is 1. The van der Waals surface area contributed by atoms with Crippen LogP contribution in [0.4, 0.5) is 0 Å². The molecule has 1 heteroatoms. The minimum absolute atomic E-state index is 0.927. The van der Waals surface area contributed by atoms with Crippen LogP contribution in [0.3, 0.4) is 0 Å². The lowest BCUT2D eigenvalue weighted by Crippen LogP contribution is -1.83. The van der Waals surface area contributed by atoms with E-state index in [0.717, 1.165) is 23.5 Å². The van der Waals surface area contributed by atoms with Gasteiger partial charge in [-0.15, -0.1) is 0 Å². The first-order valence-electron chi connectivity index (χ1n) is 8.28. The fraction of sp³-hybridized carbons (Fsp3) is 0.182. The van der Waals surface area contributed by atoms with E-state index in [1.54, 1.807) is 0 Å². The quantitative estimate of drug-likeness (QED) is 0.495. The Kier molecular flexibility index (Phi) is 5.10. The zero-order valence-corrected chi connectivity index (χ0v) is 13.5. The molecule has 0 unspecified atom stereocenters. The molecule has 116 valence electrons. The molecule has 3 rings (SSSR count). The fourth-order valence-corrected chi connectivity index (χ4v) is 2.65. The fourth-order valence-electron chi connectivity index (χ4n) is 2.65. The first kappa shape index (κ1) is 15.4. The normalized spacial score (nSPS) is 11.6. The number of benzene rings is 2. The van der Waals surface area contributed by atoms with E-state index in [0.29, 0.717) is 0 Å². The monoisotopic (exact) mass is 302 g/mol. The van der Waals surface area contributed by atoms with Crippen molar-refractivity contribution in [3.63, 3.8) is 0 Å². The average molecular weight is 302 g/mol. The van der Waals surface area contributed by atoms with Crippen LogP contribution in [0.15, 0.2) is 77.2 Å². The molecule has 0 saturated carbocycles. The lowest BCUT2D eigenvalue weighted by atomic mass is 10.0. The van der Waals surface area contributed by atoms with Crippen molar-refractivity contribution >= 4 is 11.6 Å². The van der Waals surface area contributed by atoms with E-state index in [-0.39, 0.29) is 0 Å². The second kappa shape index (κ2) is 7.64. The van der Waals surface area contributed by atoms with Crippen LogP contribution in [0, 0.1) is 0 Å². The summed E-state index contributed by atoms with van der Waals surface area (Å²) < 4.78 is 6.13. The van der Waals surface area contributed by atoms with Crippen molar-refractivity contribution in [3.8, 4) is 11.3 Å². The predicted octanol–water partition coefficient (Wildman–Crippen LogP) is 6.68. The summed E-state index contributed by atoms with van der Waals surface area (Å²) in [4.78, 5) is 0. The van der Waals surface area contributed by atoms with Crippen molar-refractivity contribution in [2.45, 2.75) is 26.2 Å². The van der Waals surface area contributed by atoms with Crippen LogP contribution in [0.1, 0.15) is 37.5 Å². The van der Waals surface area contributed by atoms with Gasteiger partial charge in [0.15, 0.2) is 0 Å². The van der Waals surface area contributed by atoms with Crippen LogP contribution in [-0.2, 0) is 0 Å². The molecule has 23 heavy (non-hydrogen) atoms. The van der Waals surface area contributed by atoms with Gasteiger partial charge in [0.05, 0.1) is 0 Å². The van der Waals surface area contributed by atoms with Gasteiger partial charge in [0.25, 0.3) is 0 Å². The molecule has 0 saturated heterocycles. The predicted molar refractivity (Wildman–Crippen MR) is 98.0 cm³/mol. The van der Waals surface area contributed by atoms with Gasteiger partial charge in [0, 0.05) is 5.56 Å². The van der Waals surface area contributed by atoms with Gasteiger partial charge in [-0.05, 0) is 42.2 Å². The number of hydrogen-bond donors (Lipinski definition) is 0. The Morgan fingerprint density at radius 3 is 2.26 bits per heavy atom. The summed E-state index contributed by atoms with van der Waals surface area (Å²) in [5, 5.41) is 0. The minimum atomic E-state index is 0.927. The van der Waals surface area contributed by atoms with E-state index >= 15 is 0 Å². The molecular formula is C22H22O. The van der Waals surface area contributed by atoms with E-state index < -0.39 is 0 Å². The summed E-state index contributed by atoms with van der Waals surface area (Å²) in [6.07, 6.45) is 5.62. The van der Waals surface area contributed by atoms with Crippen molar-refractivity contribution in [1.29, 1.82) is 0 Å². The highest BCUT2D eigenvalue weighted by Gasteiger charge is 2.09. The van der Waals surface area contributed by atoms with E-state index in [2.05, 4.69) is 61.5 Å². The summed E-state index contributed by atoms with van der Waals surface area (Å²) in [5.74, 6) is 1.90. The Hall–Kier alpha value is -2.54. The van der Waals surface area contributed by atoms with E-state index in [1.165, 1.54) is 24.0 Å². The first-order valence-corrected chi connectivity index (χ1v) is 8.28. The van der Waals surface area contributed by atoms with Crippen molar-refractivity contribution < 1.29 is 4.42 Å². The molecule has 0 aliphatic heterocycles. The van der Waals surface area contributed by atoms with Gasteiger partial charge >= 0.3 is 0 Å². The highest BCUT2D eigenvalue weighted by Crippen LogP contribution is 2.29. The molecule has 3 aromatic rings. The Labute approximate surface area is 138 Å². The van der Waals surface area contributed by atoms with E-state index in [4.69, 9.17) is 4.42 Å². The Bertz CT molecular complexity index is 751. The maximum Gasteiger partial charge on any atom is 0.134 e. The van der Waals surface area contributed by atoms with Gasteiger partial charge in [-0.2, -0.15) is 0 Å². The van der Waals surface area contributed by atoms with Crippen LogP contribution in [0.2, 0.25) is 0 Å². The summed E-state index contributed by atoms with van der Waals surface area (Å²) in [7, 11) is 0. The summed E-state index contributed by atoms with van der Waals surface area (Å²) in [6.45, 7) is 2.22. The number of furan rings is 1. The average Bonchev–Trinajstić information content (AvgIpc) is 3.10. The summed E-state index contributed by atoms with van der Waals surface area (Å²) in [5.41, 5.74) is 3.60. The molecule has 2 aromatic carbocycles. The summed E-state index contributed by atoms with van der Waals surface area (Å²) >= 11 is 0. The largest absolute Gasteiger partial charge is 0.456 e. The van der Waals surface area contributed by atoms with Crippen molar-refractivity contribution in [3.05, 3.63) is 84.1 Å². The van der Waals surface area contributed by atoms with Gasteiger partial charge in [-0.3, -0.25) is 0 Å². The third-order valence-electron chi connectivity index (χ3n) is 3.92. The number of allylic oxidation sites excluding steroid dienone is 1. The van der Waals surface area contributed by atoms with Gasteiger partial charge in [-0.25, -0.2) is 0 Å². The molecule has 0 fully saturated rings. The Morgan fingerprint density at radius 2 is 1.57 bits per heavy atom. The first-order chi connectivity index (χ1) is 11.4. The maximum absolute atomic E-state index is 6.13. The topological polar surface area (TPSA) is 13.1 Å². The summed E-state index contributed by atoms with van der Waals surface area (Å²) in [6, 6.07) is 24.9. The Morgan fingerprint density at radius 1 is 0.870 bits per heavy atom. The molecule has 0 aliphatic rings. The number of rotatable bonds is 6. The maximum atomic E-state index is 6.13. The van der Waals surface area contributed by atoms with Gasteiger partial charge in [0.2, 0.25) is 0 Å². The minimum Gasteiger partial charge on any atom is -0.456 e. The molecule has 0 aliphatic carbocycles. The smallest absolute Gasteiger partial charge is 0.134 e. The third kappa shape index (κ3) is 4.01. The molecule has 0 spiro atoms. The second-order valence-corrected chi connectivity index (χ2v) is 5.71. The highest BCUT2D eigenvalue weighted by atomic mass is 16.3. The molecule has 0 radical (unpaired) electrons. The van der Waals surface area contributed by atoms with Crippen LogP contribution < -0.4 is 0 Å². The molecule has 1 nitrogen and oxygen atoms in total. The lowest BCUT2D eigenvalue weighted by molar-refractivity contribution is 0.564. The molecule has 0 bridgehead atoms. The van der Waals surface area contributed by atoms with Crippen LogP contribution >= 0.6 is 0 Å². The zero-order valence-electron chi connectivity index (χ0n) is 13.5. The number of unbranched alkanes of at least 4 members (excludes halogenated alkanes) is 1. The third-order valence-corrected chi connectivity index (χ3v) is 3.92. The Balaban J connectivity index is 1.91. The van der Waals surface area contributed by atoms with Gasteiger partial charge < -0.3 is 4.42 Å². The van der Waals surface area contributed by atoms with Crippen LogP contribution in [-0.4, -0.2) is 0 Å². The van der Waals surface area contributed by atoms with Crippen molar-refractivity contribution in [2.75, 3.05) is 0 Å². The molecule has 0 atom stereocenters. The van der Waals surface area contributed by atoms with Crippen molar-refractivity contribution in [2.24, 2.45) is 0 Å². The van der Waals surface area contributed by atoms with Crippen molar-refractivity contribution in [1.82, 2.24) is 0 Å². The molecule has 0 amide bonds. The molecular weight excluding hydrogens is 280 g/mol. The zero-order chi connectivity index (χ0) is 15.9. The lowest BCUT2D eigenvalue weighted by Gasteiger charge is -2.05. The molecule has 0 N–H and O–H groups in total. The second-order valence-electron chi connectivity index (χ2n) is 5.71. The molecule has 1 aromatic heterocycles. The van der Waals surface area contributed by atoms with Gasteiger partial charge in [0.1, 0.15) is 11.5 Å².